The summed E-state index contributed by atoms with van der Waals surface area (Å²) in [4.78, 5) is 35.8. The third kappa shape index (κ3) is 3.27. The molecule has 4 N–H and O–H groups in total. The second-order valence-corrected chi connectivity index (χ2v) is 4.54. The lowest BCUT2D eigenvalue weighted by molar-refractivity contribution is -0.131. The average molecular weight is 298 g/mol. The molecule has 0 radical (unpaired) electrons. The van der Waals surface area contributed by atoms with Crippen LogP contribution in [0.15, 0.2) is 21.9 Å². The van der Waals surface area contributed by atoms with E-state index in [4.69, 9.17) is 14.9 Å². The quantitative estimate of drug-likeness (QED) is 0.484. The van der Waals surface area contributed by atoms with E-state index in [0.717, 1.165) is 22.9 Å². The Bertz CT molecular complexity index is 675. The maximum absolute atomic E-state index is 11.8. The van der Waals surface area contributed by atoms with Gasteiger partial charge in [-0.1, -0.05) is 0 Å². The van der Waals surface area contributed by atoms with E-state index in [0.29, 0.717) is 0 Å². The zero-order valence-corrected chi connectivity index (χ0v) is 10.8. The van der Waals surface area contributed by atoms with Gasteiger partial charge in [0.2, 0.25) is 0 Å². The number of aromatic nitrogens is 2. The van der Waals surface area contributed by atoms with Crippen LogP contribution >= 0.6 is 0 Å². The Morgan fingerprint density at radius 1 is 1.52 bits per heavy atom. The summed E-state index contributed by atoms with van der Waals surface area (Å²) < 4.78 is 6.35. The minimum atomic E-state index is -1.24. The molecule has 9 nitrogen and oxygen atoms in total. The molecule has 3 atom stereocenters. The van der Waals surface area contributed by atoms with Gasteiger partial charge < -0.3 is 20.1 Å². The van der Waals surface area contributed by atoms with Crippen molar-refractivity contribution in [2.24, 2.45) is 0 Å². The van der Waals surface area contributed by atoms with E-state index in [1.807, 2.05) is 4.98 Å². The fourth-order valence-electron chi connectivity index (χ4n) is 2.04. The fourth-order valence-corrected chi connectivity index (χ4v) is 2.04. The van der Waals surface area contributed by atoms with Gasteiger partial charge >= 0.3 is 11.7 Å². The summed E-state index contributed by atoms with van der Waals surface area (Å²) >= 11 is 0. The molecule has 1 aromatic heterocycles. The van der Waals surface area contributed by atoms with Gasteiger partial charge in [-0.2, -0.15) is 0 Å². The molecule has 0 unspecified atom stereocenters. The number of aliphatic hydroxyl groups is 2. The minimum absolute atomic E-state index is 0.0393. The first-order valence-corrected chi connectivity index (χ1v) is 6.13. The van der Waals surface area contributed by atoms with E-state index in [1.54, 1.807) is 0 Å². The molecule has 21 heavy (non-hydrogen) atoms. The molecule has 0 amide bonds. The monoisotopic (exact) mass is 298 g/mol. The Hall–Kier alpha value is -2.23. The maximum Gasteiger partial charge on any atom is 0.330 e. The zero-order valence-electron chi connectivity index (χ0n) is 10.8. The van der Waals surface area contributed by atoms with Gasteiger partial charge in [-0.25, -0.2) is 9.59 Å². The summed E-state index contributed by atoms with van der Waals surface area (Å²) in [6.45, 7) is -0.401. The largest absolute Gasteiger partial charge is 0.478 e. The van der Waals surface area contributed by atoms with Gasteiger partial charge in [-0.3, -0.25) is 14.3 Å². The molecule has 1 aromatic rings. The van der Waals surface area contributed by atoms with Gasteiger partial charge in [-0.05, 0) is 6.08 Å². The highest BCUT2D eigenvalue weighted by Crippen LogP contribution is 2.27. The summed E-state index contributed by atoms with van der Waals surface area (Å²) in [5, 5.41) is 27.2. The van der Waals surface area contributed by atoms with Crippen LogP contribution in [0.4, 0.5) is 0 Å². The molecular weight excluding hydrogens is 284 g/mol. The molecule has 0 saturated carbocycles. The summed E-state index contributed by atoms with van der Waals surface area (Å²) in [5.41, 5.74) is -1.52. The normalized spacial score (nSPS) is 25.5. The lowest BCUT2D eigenvalue weighted by Gasteiger charge is -2.14. The number of ether oxygens (including phenoxy) is 1. The van der Waals surface area contributed by atoms with Crippen molar-refractivity contribution in [1.29, 1.82) is 0 Å². The third-order valence-corrected chi connectivity index (χ3v) is 3.10. The number of aromatic amines is 1. The van der Waals surface area contributed by atoms with Crippen molar-refractivity contribution in [2.75, 3.05) is 6.61 Å². The number of aliphatic hydroxyl groups excluding tert-OH is 2. The summed E-state index contributed by atoms with van der Waals surface area (Å²) in [7, 11) is 0. The summed E-state index contributed by atoms with van der Waals surface area (Å²) in [6, 6.07) is 0. The Morgan fingerprint density at radius 3 is 2.81 bits per heavy atom. The first-order chi connectivity index (χ1) is 9.92. The van der Waals surface area contributed by atoms with Crippen molar-refractivity contribution in [2.45, 2.75) is 24.9 Å². The molecule has 0 aliphatic carbocycles. The smallest absolute Gasteiger partial charge is 0.330 e. The summed E-state index contributed by atoms with van der Waals surface area (Å²) in [6.07, 6.45) is 0.436. The van der Waals surface area contributed by atoms with Crippen molar-refractivity contribution in [3.05, 3.63) is 38.7 Å². The number of carbonyl (C=O) groups is 1. The highest BCUT2D eigenvalue weighted by atomic mass is 16.5. The number of carboxylic acids is 1. The Balaban J connectivity index is 2.37. The van der Waals surface area contributed by atoms with Crippen molar-refractivity contribution >= 4 is 12.0 Å². The molecule has 0 spiro atoms. The van der Waals surface area contributed by atoms with Gasteiger partial charge in [0, 0.05) is 18.7 Å². The molecule has 2 rings (SSSR count). The van der Waals surface area contributed by atoms with Crippen LogP contribution < -0.4 is 11.2 Å². The van der Waals surface area contributed by atoms with Crippen LogP contribution in [0.3, 0.4) is 0 Å². The van der Waals surface area contributed by atoms with Crippen LogP contribution in [-0.2, 0) is 9.53 Å². The predicted molar refractivity (Wildman–Crippen MR) is 69.6 cm³/mol. The number of hydrogen-bond acceptors (Lipinski definition) is 6. The van der Waals surface area contributed by atoms with Gasteiger partial charge in [0.05, 0.1) is 18.3 Å². The summed E-state index contributed by atoms with van der Waals surface area (Å²) in [5.74, 6) is -1.24. The molecule has 2 heterocycles. The van der Waals surface area contributed by atoms with E-state index >= 15 is 0 Å². The Labute approximate surface area is 117 Å². The SMILES string of the molecule is O=C(O)C=Cc1cn([C@H]2C[C@@H](O)[C@@H](CO)O2)c(=O)[nH]c1=O. The van der Waals surface area contributed by atoms with Crippen molar-refractivity contribution in [3.63, 3.8) is 0 Å². The highest BCUT2D eigenvalue weighted by Gasteiger charge is 2.35. The molecule has 0 aromatic carbocycles. The van der Waals surface area contributed by atoms with Crippen LogP contribution in [0.25, 0.3) is 6.08 Å². The average Bonchev–Trinajstić information content (AvgIpc) is 2.78. The predicted octanol–water partition coefficient (Wildman–Crippen LogP) is -1.72. The van der Waals surface area contributed by atoms with E-state index in [2.05, 4.69) is 0 Å². The number of nitrogens with zero attached hydrogens (tertiary/aromatic N) is 1. The fraction of sp³-hybridized carbons (Fsp3) is 0.417. The van der Waals surface area contributed by atoms with E-state index in [-0.39, 0.29) is 12.0 Å². The van der Waals surface area contributed by atoms with Gasteiger partial charge in [0.15, 0.2) is 0 Å². The first-order valence-electron chi connectivity index (χ1n) is 6.13. The molecule has 1 aliphatic heterocycles. The van der Waals surface area contributed by atoms with Gasteiger partial charge in [-0.15, -0.1) is 0 Å². The van der Waals surface area contributed by atoms with Crippen molar-refractivity contribution < 1.29 is 24.9 Å². The topological polar surface area (TPSA) is 142 Å². The van der Waals surface area contributed by atoms with E-state index in [9.17, 15) is 19.5 Å². The number of hydrogen-bond donors (Lipinski definition) is 4. The molecular formula is C12H14N2O7. The standard InChI is InChI=1S/C12H14N2O7/c15-5-8-7(16)3-9(21-8)14-4-6(1-2-10(17)18)11(19)13-12(14)20/h1-2,4,7-9,15-16H,3,5H2,(H,17,18)(H,13,19,20)/t7-,8-,9-/m1/s1. The van der Waals surface area contributed by atoms with Crippen LogP contribution in [0.5, 0.6) is 0 Å². The molecule has 1 saturated heterocycles. The van der Waals surface area contributed by atoms with Gasteiger partial charge in [0.1, 0.15) is 12.3 Å². The zero-order chi connectivity index (χ0) is 15.6. The lowest BCUT2D eigenvalue weighted by Crippen LogP contribution is -2.33. The van der Waals surface area contributed by atoms with Crippen LogP contribution in [0.1, 0.15) is 18.2 Å². The lowest BCUT2D eigenvalue weighted by atomic mass is 10.2. The maximum atomic E-state index is 11.8. The molecule has 0 bridgehead atoms. The third-order valence-electron chi connectivity index (χ3n) is 3.10. The molecule has 1 aliphatic rings. The van der Waals surface area contributed by atoms with Crippen molar-refractivity contribution in [3.8, 4) is 0 Å². The van der Waals surface area contributed by atoms with Crippen LogP contribution in [0.2, 0.25) is 0 Å². The second-order valence-electron chi connectivity index (χ2n) is 4.54. The van der Waals surface area contributed by atoms with Crippen LogP contribution in [0, 0.1) is 0 Å². The second kappa shape index (κ2) is 6.04. The Kier molecular flexibility index (Phi) is 4.36. The van der Waals surface area contributed by atoms with Crippen molar-refractivity contribution in [1.82, 2.24) is 9.55 Å². The number of carboxylic acid groups (broad SMARTS) is 1. The molecule has 9 heteroatoms. The van der Waals surface area contributed by atoms with E-state index < -0.39 is 42.3 Å². The number of rotatable bonds is 4. The van der Waals surface area contributed by atoms with Gasteiger partial charge in [0.25, 0.3) is 5.56 Å². The highest BCUT2D eigenvalue weighted by molar-refractivity contribution is 5.85. The number of nitrogens with one attached hydrogen (secondary N) is 1. The number of H-pyrrole nitrogens is 1. The minimum Gasteiger partial charge on any atom is -0.478 e. The molecule has 1 fully saturated rings. The van der Waals surface area contributed by atoms with E-state index in [1.165, 1.54) is 0 Å². The first kappa shape index (κ1) is 15.2. The van der Waals surface area contributed by atoms with Crippen LogP contribution in [-0.4, -0.2) is 49.7 Å². The Morgan fingerprint density at radius 2 is 2.24 bits per heavy atom. The number of aliphatic carboxylic acids is 1. The molecule has 114 valence electrons.